The second-order valence-corrected chi connectivity index (χ2v) is 7.63. The molecular formula is C24H31F. The molecule has 1 saturated carbocycles. The molecule has 0 amide bonds. The first kappa shape index (κ1) is 18.2. The average molecular weight is 339 g/mol. The fourth-order valence-electron chi connectivity index (χ4n) is 4.40. The van der Waals surface area contributed by atoms with Crippen LogP contribution in [-0.2, 0) is 6.42 Å². The number of aryl methyl sites for hydroxylation is 1. The summed E-state index contributed by atoms with van der Waals surface area (Å²) in [5.41, 5.74) is 2.24. The van der Waals surface area contributed by atoms with Crippen LogP contribution in [-0.4, -0.2) is 0 Å². The molecule has 0 spiro atoms. The van der Waals surface area contributed by atoms with E-state index in [-0.39, 0.29) is 5.82 Å². The second-order valence-electron chi connectivity index (χ2n) is 7.63. The first-order valence-corrected chi connectivity index (χ1v) is 10.0. The van der Waals surface area contributed by atoms with Gasteiger partial charge in [0.25, 0.3) is 0 Å². The van der Waals surface area contributed by atoms with Gasteiger partial charge in [0, 0.05) is 5.39 Å². The predicted octanol–water partition coefficient (Wildman–Crippen LogP) is 7.56. The molecule has 0 radical (unpaired) electrons. The summed E-state index contributed by atoms with van der Waals surface area (Å²) in [5, 5.41) is 1.84. The summed E-state index contributed by atoms with van der Waals surface area (Å²) in [7, 11) is 0. The molecule has 0 atom stereocenters. The smallest absolute Gasteiger partial charge is 0.134 e. The molecule has 0 aromatic heterocycles. The monoisotopic (exact) mass is 338 g/mol. The van der Waals surface area contributed by atoms with Gasteiger partial charge in [-0.05, 0) is 73.8 Å². The Morgan fingerprint density at radius 3 is 2.60 bits per heavy atom. The first-order valence-electron chi connectivity index (χ1n) is 10.0. The lowest BCUT2D eigenvalue weighted by molar-refractivity contribution is 0.308. The minimum absolute atomic E-state index is 0.0276. The summed E-state index contributed by atoms with van der Waals surface area (Å²) in [6.45, 7) is 4.30. The Balaban J connectivity index is 1.76. The molecular weight excluding hydrogens is 307 g/mol. The van der Waals surface area contributed by atoms with Crippen LogP contribution in [0.25, 0.3) is 10.8 Å². The Labute approximate surface area is 152 Å². The van der Waals surface area contributed by atoms with Gasteiger partial charge in [-0.3, -0.25) is 0 Å². The van der Waals surface area contributed by atoms with Crippen LogP contribution in [0.3, 0.4) is 0 Å². The highest BCUT2D eigenvalue weighted by atomic mass is 19.1. The van der Waals surface area contributed by atoms with Gasteiger partial charge in [0.15, 0.2) is 0 Å². The highest BCUT2D eigenvalue weighted by Crippen LogP contribution is 2.38. The van der Waals surface area contributed by atoms with Crippen LogP contribution in [0.1, 0.15) is 75.8 Å². The minimum Gasteiger partial charge on any atom is -0.206 e. The molecule has 25 heavy (non-hydrogen) atoms. The number of allylic oxidation sites excluding steroid dienone is 2. The van der Waals surface area contributed by atoms with Gasteiger partial charge in [0.1, 0.15) is 5.82 Å². The standard InChI is InChI=1S/C24H31F/c1-3-5-6-8-20-13-14-22-17-21(15-16-23(22)24(20)25)19-11-9-18(7-4-2)10-12-19/h3,5,13-19H,4,6-12H2,1-2H3/b5-3+. The molecule has 134 valence electrons. The summed E-state index contributed by atoms with van der Waals surface area (Å²) in [4.78, 5) is 0. The molecule has 0 unspecified atom stereocenters. The average Bonchev–Trinajstić information content (AvgIpc) is 2.64. The van der Waals surface area contributed by atoms with E-state index in [0.29, 0.717) is 5.92 Å². The van der Waals surface area contributed by atoms with Crippen LogP contribution in [0.15, 0.2) is 42.5 Å². The van der Waals surface area contributed by atoms with E-state index >= 15 is 0 Å². The van der Waals surface area contributed by atoms with Crippen LogP contribution < -0.4 is 0 Å². The van der Waals surface area contributed by atoms with E-state index in [1.165, 1.54) is 44.1 Å². The van der Waals surface area contributed by atoms with Gasteiger partial charge in [-0.2, -0.15) is 0 Å². The van der Waals surface area contributed by atoms with Crippen molar-refractivity contribution in [2.45, 2.75) is 71.1 Å². The molecule has 1 fully saturated rings. The number of benzene rings is 2. The number of hydrogen-bond acceptors (Lipinski definition) is 0. The Hall–Kier alpha value is -1.63. The zero-order valence-electron chi connectivity index (χ0n) is 15.7. The summed E-state index contributed by atoms with van der Waals surface area (Å²) in [6.07, 6.45) is 13.8. The number of fused-ring (bicyclic) bond motifs is 1. The molecule has 3 rings (SSSR count). The number of hydrogen-bond donors (Lipinski definition) is 0. The molecule has 1 aliphatic carbocycles. The van der Waals surface area contributed by atoms with Gasteiger partial charge in [-0.25, -0.2) is 4.39 Å². The zero-order chi connectivity index (χ0) is 17.6. The molecule has 0 nitrogen and oxygen atoms in total. The van der Waals surface area contributed by atoms with E-state index in [2.05, 4.69) is 31.2 Å². The normalized spacial score (nSPS) is 21.2. The minimum atomic E-state index is -0.0276. The topological polar surface area (TPSA) is 0 Å². The van der Waals surface area contributed by atoms with Crippen molar-refractivity contribution in [2.75, 3.05) is 0 Å². The van der Waals surface area contributed by atoms with Crippen LogP contribution in [0, 0.1) is 11.7 Å². The lowest BCUT2D eigenvalue weighted by Gasteiger charge is -2.28. The SMILES string of the molecule is C/C=C/CCc1ccc2cc(C3CCC(CCC)CC3)ccc2c1F. The maximum atomic E-state index is 14.8. The highest BCUT2D eigenvalue weighted by molar-refractivity contribution is 5.84. The summed E-state index contributed by atoms with van der Waals surface area (Å²) in [6, 6.07) is 10.5. The van der Waals surface area contributed by atoms with Gasteiger partial charge in [-0.1, -0.05) is 62.2 Å². The van der Waals surface area contributed by atoms with Gasteiger partial charge < -0.3 is 0 Å². The molecule has 0 N–H and O–H groups in total. The number of rotatable bonds is 6. The van der Waals surface area contributed by atoms with Gasteiger partial charge in [0.2, 0.25) is 0 Å². The second kappa shape index (κ2) is 8.65. The van der Waals surface area contributed by atoms with Crippen molar-refractivity contribution < 1.29 is 4.39 Å². The third-order valence-electron chi connectivity index (χ3n) is 5.89. The Kier molecular flexibility index (Phi) is 6.29. The van der Waals surface area contributed by atoms with Crippen LogP contribution in [0.5, 0.6) is 0 Å². The molecule has 1 aliphatic rings. The number of halogens is 1. The Morgan fingerprint density at radius 2 is 1.88 bits per heavy atom. The molecule has 0 aliphatic heterocycles. The van der Waals surface area contributed by atoms with E-state index in [1.807, 2.05) is 25.1 Å². The quantitative estimate of drug-likeness (QED) is 0.477. The Bertz CT molecular complexity index is 720. The van der Waals surface area contributed by atoms with Gasteiger partial charge in [0.05, 0.1) is 0 Å². The summed E-state index contributed by atoms with van der Waals surface area (Å²) in [5.74, 6) is 1.56. The van der Waals surface area contributed by atoms with E-state index in [9.17, 15) is 4.39 Å². The molecule has 2 aromatic rings. The fourth-order valence-corrected chi connectivity index (χ4v) is 4.40. The first-order chi connectivity index (χ1) is 12.2. The third-order valence-corrected chi connectivity index (χ3v) is 5.89. The molecule has 0 heterocycles. The van der Waals surface area contributed by atoms with Crippen molar-refractivity contribution >= 4 is 10.8 Å². The van der Waals surface area contributed by atoms with Crippen molar-refractivity contribution in [2.24, 2.45) is 5.92 Å². The molecule has 0 bridgehead atoms. The van der Waals surface area contributed by atoms with Crippen molar-refractivity contribution in [1.29, 1.82) is 0 Å². The predicted molar refractivity (Wildman–Crippen MR) is 107 cm³/mol. The molecule has 1 heteroatoms. The lowest BCUT2D eigenvalue weighted by Crippen LogP contribution is -2.13. The van der Waals surface area contributed by atoms with Crippen molar-refractivity contribution in [3.63, 3.8) is 0 Å². The maximum Gasteiger partial charge on any atom is 0.134 e. The largest absolute Gasteiger partial charge is 0.206 e. The lowest BCUT2D eigenvalue weighted by atomic mass is 9.77. The van der Waals surface area contributed by atoms with Crippen LogP contribution in [0.4, 0.5) is 4.39 Å². The summed E-state index contributed by atoms with van der Waals surface area (Å²) >= 11 is 0. The van der Waals surface area contributed by atoms with E-state index < -0.39 is 0 Å². The highest BCUT2D eigenvalue weighted by Gasteiger charge is 2.22. The Morgan fingerprint density at radius 1 is 1.08 bits per heavy atom. The van der Waals surface area contributed by atoms with Gasteiger partial charge in [-0.15, -0.1) is 0 Å². The van der Waals surface area contributed by atoms with Crippen LogP contribution >= 0.6 is 0 Å². The fraction of sp³-hybridized carbons (Fsp3) is 0.500. The van der Waals surface area contributed by atoms with Crippen molar-refractivity contribution in [1.82, 2.24) is 0 Å². The summed E-state index contributed by atoms with van der Waals surface area (Å²) < 4.78 is 14.8. The third kappa shape index (κ3) is 4.32. The van der Waals surface area contributed by atoms with Crippen molar-refractivity contribution in [3.05, 3.63) is 59.4 Å². The van der Waals surface area contributed by atoms with Crippen molar-refractivity contribution in [3.8, 4) is 0 Å². The van der Waals surface area contributed by atoms with E-state index in [0.717, 1.165) is 35.1 Å². The van der Waals surface area contributed by atoms with E-state index in [4.69, 9.17) is 0 Å². The molecule has 2 aromatic carbocycles. The van der Waals surface area contributed by atoms with Gasteiger partial charge >= 0.3 is 0 Å². The molecule has 0 saturated heterocycles. The zero-order valence-corrected chi connectivity index (χ0v) is 15.7. The van der Waals surface area contributed by atoms with Crippen LogP contribution in [0.2, 0.25) is 0 Å². The maximum absolute atomic E-state index is 14.8. The van der Waals surface area contributed by atoms with E-state index in [1.54, 1.807) is 0 Å².